The van der Waals surface area contributed by atoms with E-state index in [0.29, 0.717) is 16.1 Å². The van der Waals surface area contributed by atoms with Gasteiger partial charge in [-0.1, -0.05) is 22.0 Å². The summed E-state index contributed by atoms with van der Waals surface area (Å²) >= 11 is 6.52. The smallest absolute Gasteiger partial charge is 0.337 e. The molecule has 0 aliphatic rings. The van der Waals surface area contributed by atoms with E-state index in [1.165, 1.54) is 0 Å². The number of furan rings is 1. The van der Waals surface area contributed by atoms with Crippen molar-refractivity contribution in [3.8, 4) is 0 Å². The molecule has 2 N–H and O–H groups in total. The molecular formula is C13H11Br2NO3. The molecule has 4 nitrogen and oxygen atoms in total. The molecule has 1 unspecified atom stereocenters. The monoisotopic (exact) mass is 387 g/mol. The lowest BCUT2D eigenvalue weighted by Gasteiger charge is -2.25. The summed E-state index contributed by atoms with van der Waals surface area (Å²) in [6, 6.07) is 10.6. The van der Waals surface area contributed by atoms with E-state index in [2.05, 4.69) is 37.2 Å². The van der Waals surface area contributed by atoms with Crippen LogP contribution in [-0.2, 0) is 10.3 Å². The van der Waals surface area contributed by atoms with Gasteiger partial charge in [0.2, 0.25) is 0 Å². The quantitative estimate of drug-likeness (QED) is 0.823. The van der Waals surface area contributed by atoms with Crippen LogP contribution < -0.4 is 5.32 Å². The molecule has 19 heavy (non-hydrogen) atoms. The predicted molar refractivity (Wildman–Crippen MR) is 79.2 cm³/mol. The molecule has 0 saturated carbocycles. The van der Waals surface area contributed by atoms with Crippen molar-refractivity contribution in [1.29, 1.82) is 0 Å². The lowest BCUT2D eigenvalue weighted by molar-refractivity contribution is -0.142. The maximum absolute atomic E-state index is 11.6. The highest BCUT2D eigenvalue weighted by Gasteiger charge is 2.38. The Balaban J connectivity index is 2.38. The standard InChI is InChI=1S/C13H11Br2NO3/c1-13(12(17)18,10-5-6-11(15)19-10)16-9-4-2-3-8(14)7-9/h2-7,16H,1H3,(H,17,18). The predicted octanol–water partition coefficient (Wildman–Crippen LogP) is 4.22. The molecule has 0 radical (unpaired) electrons. The second-order valence-electron chi connectivity index (χ2n) is 4.17. The number of halogens is 2. The van der Waals surface area contributed by atoms with Gasteiger partial charge in [0.1, 0.15) is 5.76 Å². The van der Waals surface area contributed by atoms with Crippen LogP contribution in [0.15, 0.2) is 50.0 Å². The molecule has 0 fully saturated rings. The minimum absolute atomic E-state index is 0.326. The van der Waals surface area contributed by atoms with Gasteiger partial charge in [-0.2, -0.15) is 0 Å². The average Bonchev–Trinajstić information content (AvgIpc) is 2.76. The van der Waals surface area contributed by atoms with Gasteiger partial charge >= 0.3 is 5.97 Å². The first-order valence-electron chi connectivity index (χ1n) is 5.45. The van der Waals surface area contributed by atoms with Crippen molar-refractivity contribution < 1.29 is 14.3 Å². The van der Waals surface area contributed by atoms with Gasteiger partial charge in [-0.15, -0.1) is 0 Å². The molecule has 0 amide bonds. The number of carboxylic acid groups (broad SMARTS) is 1. The van der Waals surface area contributed by atoms with E-state index < -0.39 is 11.5 Å². The number of aliphatic carboxylic acids is 1. The van der Waals surface area contributed by atoms with Crippen LogP contribution in [0.2, 0.25) is 0 Å². The summed E-state index contributed by atoms with van der Waals surface area (Å²) < 4.78 is 6.73. The Morgan fingerprint density at radius 1 is 1.32 bits per heavy atom. The number of nitrogens with one attached hydrogen (secondary N) is 1. The van der Waals surface area contributed by atoms with E-state index in [-0.39, 0.29) is 0 Å². The third kappa shape index (κ3) is 3.01. The second kappa shape index (κ2) is 5.38. The largest absolute Gasteiger partial charge is 0.479 e. The minimum atomic E-state index is -1.34. The first-order chi connectivity index (χ1) is 8.91. The first kappa shape index (κ1) is 14.1. The molecule has 2 rings (SSSR count). The molecule has 1 aromatic carbocycles. The van der Waals surface area contributed by atoms with E-state index in [4.69, 9.17) is 4.42 Å². The van der Waals surface area contributed by atoms with Crippen molar-refractivity contribution in [2.45, 2.75) is 12.5 Å². The van der Waals surface area contributed by atoms with E-state index in [9.17, 15) is 9.90 Å². The van der Waals surface area contributed by atoms with Gasteiger partial charge in [-0.05, 0) is 53.2 Å². The molecule has 0 saturated heterocycles. The third-order valence-electron chi connectivity index (χ3n) is 2.71. The highest BCUT2D eigenvalue weighted by molar-refractivity contribution is 9.10. The van der Waals surface area contributed by atoms with E-state index in [1.807, 2.05) is 12.1 Å². The fraction of sp³-hybridized carbons (Fsp3) is 0.154. The van der Waals surface area contributed by atoms with Crippen LogP contribution in [0, 0.1) is 0 Å². The molecule has 100 valence electrons. The van der Waals surface area contributed by atoms with Gasteiger partial charge < -0.3 is 14.8 Å². The maximum Gasteiger partial charge on any atom is 0.337 e. The Kier molecular flexibility index (Phi) is 4.01. The number of carbonyl (C=O) groups is 1. The zero-order valence-electron chi connectivity index (χ0n) is 9.98. The number of anilines is 1. The summed E-state index contributed by atoms with van der Waals surface area (Å²) in [6.07, 6.45) is 0. The summed E-state index contributed by atoms with van der Waals surface area (Å²) in [5.41, 5.74) is -0.654. The second-order valence-corrected chi connectivity index (χ2v) is 5.87. The van der Waals surface area contributed by atoms with Crippen LogP contribution in [0.4, 0.5) is 5.69 Å². The molecule has 2 aromatic rings. The fourth-order valence-electron chi connectivity index (χ4n) is 1.66. The highest BCUT2D eigenvalue weighted by atomic mass is 79.9. The minimum Gasteiger partial charge on any atom is -0.479 e. The molecular weight excluding hydrogens is 378 g/mol. The van der Waals surface area contributed by atoms with Crippen LogP contribution in [0.25, 0.3) is 0 Å². The zero-order valence-corrected chi connectivity index (χ0v) is 13.2. The normalized spacial score (nSPS) is 13.8. The molecule has 0 bridgehead atoms. The zero-order chi connectivity index (χ0) is 14.0. The maximum atomic E-state index is 11.6. The Labute approximate surface area is 127 Å². The Morgan fingerprint density at radius 2 is 2.05 bits per heavy atom. The Bertz CT molecular complexity index is 611. The topological polar surface area (TPSA) is 62.5 Å². The number of rotatable bonds is 4. The van der Waals surface area contributed by atoms with Gasteiger partial charge in [0.25, 0.3) is 0 Å². The van der Waals surface area contributed by atoms with Gasteiger partial charge in [0, 0.05) is 10.2 Å². The summed E-state index contributed by atoms with van der Waals surface area (Å²) in [4.78, 5) is 11.6. The van der Waals surface area contributed by atoms with Crippen LogP contribution in [0.1, 0.15) is 12.7 Å². The van der Waals surface area contributed by atoms with E-state index in [0.717, 1.165) is 4.47 Å². The molecule has 0 aliphatic carbocycles. The highest BCUT2D eigenvalue weighted by Crippen LogP contribution is 2.30. The van der Waals surface area contributed by atoms with Crippen molar-refractivity contribution in [2.75, 3.05) is 5.32 Å². The van der Waals surface area contributed by atoms with Crippen molar-refractivity contribution in [3.63, 3.8) is 0 Å². The Hall–Kier alpha value is -1.27. The molecule has 1 atom stereocenters. The molecule has 0 spiro atoms. The molecule has 1 aromatic heterocycles. The lowest BCUT2D eigenvalue weighted by atomic mass is 9.98. The number of hydrogen-bond acceptors (Lipinski definition) is 3. The third-order valence-corrected chi connectivity index (χ3v) is 3.63. The van der Waals surface area contributed by atoms with Gasteiger partial charge in [0.05, 0.1) is 0 Å². The summed E-state index contributed by atoms with van der Waals surface area (Å²) in [6.45, 7) is 1.56. The van der Waals surface area contributed by atoms with Crippen molar-refractivity contribution in [3.05, 3.63) is 51.3 Å². The van der Waals surface area contributed by atoms with Gasteiger partial charge in [-0.3, -0.25) is 0 Å². The van der Waals surface area contributed by atoms with E-state index >= 15 is 0 Å². The Morgan fingerprint density at radius 3 is 2.58 bits per heavy atom. The summed E-state index contributed by atoms with van der Waals surface area (Å²) in [5, 5.41) is 12.5. The van der Waals surface area contributed by atoms with Crippen LogP contribution in [0.5, 0.6) is 0 Å². The fourth-order valence-corrected chi connectivity index (χ4v) is 2.36. The molecule has 0 aliphatic heterocycles. The average molecular weight is 389 g/mol. The van der Waals surface area contributed by atoms with Crippen molar-refractivity contribution >= 4 is 43.5 Å². The van der Waals surface area contributed by atoms with Crippen molar-refractivity contribution in [1.82, 2.24) is 0 Å². The SMILES string of the molecule is CC(Nc1cccc(Br)c1)(C(=O)O)c1ccc(Br)o1. The molecule has 1 heterocycles. The van der Waals surface area contributed by atoms with Crippen LogP contribution >= 0.6 is 31.9 Å². The number of benzene rings is 1. The van der Waals surface area contributed by atoms with Gasteiger partial charge in [0.15, 0.2) is 10.2 Å². The van der Waals surface area contributed by atoms with Crippen LogP contribution in [0.3, 0.4) is 0 Å². The van der Waals surface area contributed by atoms with Gasteiger partial charge in [-0.25, -0.2) is 4.79 Å². The molecule has 6 heteroatoms. The summed E-state index contributed by atoms with van der Waals surface area (Å²) in [7, 11) is 0. The van der Waals surface area contributed by atoms with Crippen molar-refractivity contribution in [2.24, 2.45) is 0 Å². The summed E-state index contributed by atoms with van der Waals surface area (Å²) in [5.74, 6) is -0.693. The van der Waals surface area contributed by atoms with E-state index in [1.54, 1.807) is 31.2 Å². The number of hydrogen-bond donors (Lipinski definition) is 2. The lowest BCUT2D eigenvalue weighted by Crippen LogP contribution is -2.40. The first-order valence-corrected chi connectivity index (χ1v) is 7.03. The number of carboxylic acids is 1. The van der Waals surface area contributed by atoms with Crippen LogP contribution in [-0.4, -0.2) is 11.1 Å².